The first-order chi connectivity index (χ1) is 15.0. The summed E-state index contributed by atoms with van der Waals surface area (Å²) in [5.74, 6) is -0.543. The van der Waals surface area contributed by atoms with Crippen LogP contribution in [0.25, 0.3) is 0 Å². The van der Waals surface area contributed by atoms with E-state index in [-0.39, 0.29) is 49.2 Å². The third kappa shape index (κ3) is 4.88. The Labute approximate surface area is 181 Å². The molecule has 10 nitrogen and oxygen atoms in total. The topological polar surface area (TPSA) is 127 Å². The molecule has 0 spiro atoms. The monoisotopic (exact) mass is 430 g/mol. The van der Waals surface area contributed by atoms with Gasteiger partial charge in [0.25, 0.3) is 5.91 Å². The third-order valence-corrected chi connectivity index (χ3v) is 6.41. The molecule has 3 heterocycles. The lowest BCUT2D eigenvalue weighted by molar-refractivity contribution is -0.136. The first-order valence-electron chi connectivity index (χ1n) is 11.3. The molecule has 31 heavy (non-hydrogen) atoms. The molecule has 0 bridgehead atoms. The van der Waals surface area contributed by atoms with E-state index in [4.69, 9.17) is 0 Å². The second-order valence-electron chi connectivity index (χ2n) is 8.54. The molecule has 10 heteroatoms. The van der Waals surface area contributed by atoms with Crippen LogP contribution in [0.15, 0.2) is 6.07 Å². The molecule has 2 aliphatic heterocycles. The number of rotatable bonds is 6. The van der Waals surface area contributed by atoms with E-state index in [1.807, 2.05) is 0 Å². The number of H-pyrrole nitrogens is 1. The van der Waals surface area contributed by atoms with Crippen LogP contribution in [-0.4, -0.2) is 69.4 Å². The number of carbonyl (C=O) groups excluding carboxylic acids is 4. The Morgan fingerprint density at radius 3 is 2.68 bits per heavy atom. The van der Waals surface area contributed by atoms with Crippen molar-refractivity contribution >= 4 is 23.8 Å². The van der Waals surface area contributed by atoms with Crippen molar-refractivity contribution in [3.05, 3.63) is 17.5 Å². The molecule has 1 aliphatic carbocycles. The molecule has 1 atom stereocenters. The zero-order chi connectivity index (χ0) is 21.8. The average Bonchev–Trinajstić information content (AvgIpc) is 3.45. The number of piperidine rings is 1. The fourth-order valence-electron chi connectivity index (χ4n) is 4.70. The van der Waals surface area contributed by atoms with Crippen LogP contribution >= 0.6 is 0 Å². The number of aromatic nitrogens is 2. The van der Waals surface area contributed by atoms with Gasteiger partial charge in [-0.25, -0.2) is 4.79 Å². The molecular formula is C21H30N6O4. The number of nitrogens with one attached hydrogen (secondary N) is 3. The molecule has 3 N–H and O–H groups in total. The Morgan fingerprint density at radius 1 is 1.13 bits per heavy atom. The number of hydrogen-bond donors (Lipinski definition) is 3. The molecule has 5 amide bonds. The predicted octanol–water partition coefficient (Wildman–Crippen LogP) is 1.47. The maximum Gasteiger partial charge on any atom is 0.324 e. The van der Waals surface area contributed by atoms with Gasteiger partial charge in [-0.3, -0.25) is 24.4 Å². The van der Waals surface area contributed by atoms with Gasteiger partial charge in [0.05, 0.1) is 11.7 Å². The van der Waals surface area contributed by atoms with Gasteiger partial charge in [0, 0.05) is 38.5 Å². The highest BCUT2D eigenvalue weighted by Crippen LogP contribution is 2.31. The van der Waals surface area contributed by atoms with Gasteiger partial charge < -0.3 is 15.5 Å². The van der Waals surface area contributed by atoms with E-state index in [1.165, 1.54) is 0 Å². The SMILES string of the molecule is O=C(NC1CCCC1)c1cc([C@@H]2CCCCN2C(=O)CCN2C(=O)CCNC2=O)[nH]n1. The standard InChI is InChI=1S/C21H30N6O4/c28-18-8-10-22-21(31)27(18)12-9-19(29)26-11-4-3-7-17(26)15-13-16(25-24-15)20(30)23-14-5-1-2-6-14/h13-14,17H,1-12H2,(H,22,31)(H,23,30)(H,24,25)/t17-/m0/s1. The number of urea groups is 1. The van der Waals surface area contributed by atoms with E-state index in [0.29, 0.717) is 18.8 Å². The molecule has 3 fully saturated rings. The van der Waals surface area contributed by atoms with Crippen LogP contribution in [0.5, 0.6) is 0 Å². The molecule has 4 rings (SSSR count). The zero-order valence-electron chi connectivity index (χ0n) is 17.7. The fraction of sp³-hybridized carbons (Fsp3) is 0.667. The van der Waals surface area contributed by atoms with Gasteiger partial charge >= 0.3 is 6.03 Å². The number of likely N-dealkylation sites (tertiary alicyclic amines) is 1. The van der Waals surface area contributed by atoms with Crippen molar-refractivity contribution in [2.75, 3.05) is 19.6 Å². The third-order valence-electron chi connectivity index (χ3n) is 6.41. The molecule has 0 aromatic carbocycles. The van der Waals surface area contributed by atoms with Crippen LogP contribution in [-0.2, 0) is 9.59 Å². The van der Waals surface area contributed by atoms with Crippen molar-refractivity contribution < 1.29 is 19.2 Å². The van der Waals surface area contributed by atoms with E-state index in [2.05, 4.69) is 20.8 Å². The molecular weight excluding hydrogens is 400 g/mol. The predicted molar refractivity (Wildman–Crippen MR) is 111 cm³/mol. The Kier molecular flexibility index (Phi) is 6.53. The Morgan fingerprint density at radius 2 is 1.90 bits per heavy atom. The summed E-state index contributed by atoms with van der Waals surface area (Å²) in [6.45, 7) is 1.02. The van der Waals surface area contributed by atoms with Crippen LogP contribution in [0.1, 0.15) is 80.0 Å². The van der Waals surface area contributed by atoms with E-state index in [1.54, 1.807) is 11.0 Å². The first-order valence-corrected chi connectivity index (χ1v) is 11.3. The molecule has 1 aromatic heterocycles. The molecule has 0 unspecified atom stereocenters. The van der Waals surface area contributed by atoms with Crippen molar-refractivity contribution in [1.82, 2.24) is 30.6 Å². The summed E-state index contributed by atoms with van der Waals surface area (Å²) in [4.78, 5) is 52.2. The zero-order valence-corrected chi connectivity index (χ0v) is 17.7. The second kappa shape index (κ2) is 9.49. The number of carbonyl (C=O) groups is 4. The van der Waals surface area contributed by atoms with Gasteiger partial charge in [-0.1, -0.05) is 12.8 Å². The van der Waals surface area contributed by atoms with Crippen LogP contribution < -0.4 is 10.6 Å². The van der Waals surface area contributed by atoms with E-state index in [0.717, 1.165) is 55.5 Å². The number of hydrogen-bond acceptors (Lipinski definition) is 5. The molecule has 1 aromatic rings. The minimum absolute atomic E-state index is 0.0741. The normalized spacial score (nSPS) is 22.5. The van der Waals surface area contributed by atoms with Crippen molar-refractivity contribution in [2.24, 2.45) is 0 Å². The highest BCUT2D eigenvalue weighted by molar-refractivity contribution is 5.97. The Hall–Kier alpha value is -2.91. The summed E-state index contributed by atoms with van der Waals surface area (Å²) < 4.78 is 0. The van der Waals surface area contributed by atoms with Crippen molar-refractivity contribution in [3.8, 4) is 0 Å². The quantitative estimate of drug-likeness (QED) is 0.630. The second-order valence-corrected chi connectivity index (χ2v) is 8.54. The van der Waals surface area contributed by atoms with Gasteiger partial charge in [0.1, 0.15) is 5.69 Å². The van der Waals surface area contributed by atoms with Crippen molar-refractivity contribution in [3.63, 3.8) is 0 Å². The lowest BCUT2D eigenvalue weighted by Gasteiger charge is -2.35. The van der Waals surface area contributed by atoms with Crippen LogP contribution in [0.4, 0.5) is 4.79 Å². The number of aromatic amines is 1. The summed E-state index contributed by atoms with van der Waals surface area (Å²) in [5.41, 5.74) is 1.09. The summed E-state index contributed by atoms with van der Waals surface area (Å²) >= 11 is 0. The van der Waals surface area contributed by atoms with Crippen molar-refractivity contribution in [2.45, 2.75) is 69.9 Å². The van der Waals surface area contributed by atoms with Gasteiger partial charge in [0.2, 0.25) is 11.8 Å². The number of amides is 5. The smallest absolute Gasteiger partial charge is 0.324 e. The molecule has 1 saturated carbocycles. The van der Waals surface area contributed by atoms with E-state index >= 15 is 0 Å². The number of nitrogens with zero attached hydrogens (tertiary/aromatic N) is 3. The maximum atomic E-state index is 13.0. The summed E-state index contributed by atoms with van der Waals surface area (Å²) in [6.07, 6.45) is 7.28. The minimum atomic E-state index is -0.439. The summed E-state index contributed by atoms with van der Waals surface area (Å²) in [7, 11) is 0. The van der Waals surface area contributed by atoms with E-state index < -0.39 is 6.03 Å². The Balaban J connectivity index is 1.38. The van der Waals surface area contributed by atoms with E-state index in [9.17, 15) is 19.2 Å². The average molecular weight is 431 g/mol. The van der Waals surface area contributed by atoms with Gasteiger partial charge in [0.15, 0.2) is 0 Å². The summed E-state index contributed by atoms with van der Waals surface area (Å²) in [6, 6.07) is 1.33. The highest BCUT2D eigenvalue weighted by Gasteiger charge is 2.32. The maximum absolute atomic E-state index is 13.0. The lowest BCUT2D eigenvalue weighted by Crippen LogP contribution is -2.51. The van der Waals surface area contributed by atoms with Crippen LogP contribution in [0, 0.1) is 0 Å². The Bertz CT molecular complexity index is 831. The van der Waals surface area contributed by atoms with Crippen LogP contribution in [0.2, 0.25) is 0 Å². The number of imide groups is 1. The molecule has 0 radical (unpaired) electrons. The lowest BCUT2D eigenvalue weighted by atomic mass is 9.98. The molecule has 2 saturated heterocycles. The largest absolute Gasteiger partial charge is 0.348 e. The van der Waals surface area contributed by atoms with Crippen LogP contribution in [0.3, 0.4) is 0 Å². The van der Waals surface area contributed by atoms with Gasteiger partial charge in [-0.05, 0) is 38.2 Å². The van der Waals surface area contributed by atoms with Crippen molar-refractivity contribution in [1.29, 1.82) is 0 Å². The van der Waals surface area contributed by atoms with Gasteiger partial charge in [-0.2, -0.15) is 5.10 Å². The fourth-order valence-corrected chi connectivity index (χ4v) is 4.70. The molecule has 168 valence electrons. The summed E-state index contributed by atoms with van der Waals surface area (Å²) in [5, 5.41) is 12.8. The first kappa shape index (κ1) is 21.3. The highest BCUT2D eigenvalue weighted by atomic mass is 16.2. The van der Waals surface area contributed by atoms with Gasteiger partial charge in [-0.15, -0.1) is 0 Å². The minimum Gasteiger partial charge on any atom is -0.348 e. The molecule has 3 aliphatic rings.